The Hall–Kier alpha value is -2.91. The third-order valence-corrected chi connectivity index (χ3v) is 5.22. The largest absolute Gasteiger partial charge is 0.494 e. The van der Waals surface area contributed by atoms with Crippen molar-refractivity contribution in [3.05, 3.63) is 54.6 Å². The molecule has 1 heterocycles. The highest BCUT2D eigenvalue weighted by Crippen LogP contribution is 2.33. The maximum atomic E-state index is 12.6. The molecule has 0 aromatic heterocycles. The summed E-state index contributed by atoms with van der Waals surface area (Å²) in [5, 5.41) is 4.37. The molecule has 3 rings (SSSR count). The van der Waals surface area contributed by atoms with Gasteiger partial charge < -0.3 is 15.4 Å². The van der Waals surface area contributed by atoms with Gasteiger partial charge in [0.05, 0.1) is 12.3 Å². The molecule has 0 aliphatic carbocycles. The number of rotatable bonds is 6. The van der Waals surface area contributed by atoms with Gasteiger partial charge in [-0.25, -0.2) is 4.90 Å². The summed E-state index contributed by atoms with van der Waals surface area (Å²) in [5.41, 5.74) is 1.18. The summed E-state index contributed by atoms with van der Waals surface area (Å²) in [6.45, 7) is 2.47. The highest BCUT2D eigenvalue weighted by Gasteiger charge is 2.41. The van der Waals surface area contributed by atoms with Gasteiger partial charge in [0, 0.05) is 12.1 Å². The molecule has 1 fully saturated rings. The van der Waals surface area contributed by atoms with Crippen molar-refractivity contribution in [3.8, 4) is 5.75 Å². The monoisotopic (exact) mass is 429 g/mol. The van der Waals surface area contributed by atoms with Gasteiger partial charge in [-0.15, -0.1) is 0 Å². The molecule has 0 spiro atoms. The lowest BCUT2D eigenvalue weighted by Gasteiger charge is -2.14. The number of carbonyl (C=O) groups is 3. The van der Waals surface area contributed by atoms with Crippen LogP contribution in [0.3, 0.4) is 0 Å². The number of hydrogen-bond acceptors (Lipinski definition) is 6. The first-order valence-corrected chi connectivity index (χ1v) is 10.2. The lowest BCUT2D eigenvalue weighted by atomic mass is 10.2. The number of thioether (sulfide) groups is 1. The second kappa shape index (κ2) is 9.53. The van der Waals surface area contributed by atoms with Crippen LogP contribution < -0.4 is 20.3 Å². The molecular formula is C20H19N3O4S2. The van der Waals surface area contributed by atoms with Crippen molar-refractivity contribution in [3.63, 3.8) is 0 Å². The van der Waals surface area contributed by atoms with Crippen LogP contribution in [0.2, 0.25) is 0 Å². The van der Waals surface area contributed by atoms with Gasteiger partial charge in [0.25, 0.3) is 5.24 Å². The molecule has 3 amide bonds. The van der Waals surface area contributed by atoms with Gasteiger partial charge in [-0.3, -0.25) is 14.4 Å². The number of anilines is 2. The Labute approximate surface area is 177 Å². The number of amides is 3. The molecule has 7 nitrogen and oxygen atoms in total. The standard InChI is InChI=1S/C20H19N3O4S2/c1-2-27-15-10-8-13(9-11-15)21-19(28)22-17(24)12-16-18(25)23(20(26)29-16)14-6-4-3-5-7-14/h3-11,16H,2,12H2,1H3,(H2,21,22,24,28)/t16-/m1/s1. The fourth-order valence-electron chi connectivity index (χ4n) is 2.71. The Morgan fingerprint density at radius 1 is 1.14 bits per heavy atom. The first kappa shape index (κ1) is 20.8. The topological polar surface area (TPSA) is 87.7 Å². The molecule has 1 aliphatic rings. The molecule has 2 aromatic carbocycles. The number of nitrogens with one attached hydrogen (secondary N) is 2. The summed E-state index contributed by atoms with van der Waals surface area (Å²) in [6, 6.07) is 15.7. The number of ether oxygens (including phenoxy) is 1. The average molecular weight is 430 g/mol. The van der Waals surface area contributed by atoms with Crippen LogP contribution in [0.1, 0.15) is 13.3 Å². The van der Waals surface area contributed by atoms with Gasteiger partial charge in [-0.2, -0.15) is 0 Å². The molecule has 29 heavy (non-hydrogen) atoms. The first-order valence-electron chi connectivity index (χ1n) is 8.91. The number of nitrogens with zero attached hydrogens (tertiary/aromatic N) is 1. The van der Waals surface area contributed by atoms with Crippen molar-refractivity contribution in [1.82, 2.24) is 5.32 Å². The molecular weight excluding hydrogens is 410 g/mol. The van der Waals surface area contributed by atoms with Crippen molar-refractivity contribution < 1.29 is 19.1 Å². The zero-order valence-corrected chi connectivity index (χ0v) is 17.2. The highest BCUT2D eigenvalue weighted by molar-refractivity contribution is 8.15. The Balaban J connectivity index is 1.53. The molecule has 1 aliphatic heterocycles. The molecule has 0 unspecified atom stereocenters. The van der Waals surface area contributed by atoms with Gasteiger partial charge in [-0.1, -0.05) is 18.2 Å². The quantitative estimate of drug-likeness (QED) is 0.679. The second-order valence-electron chi connectivity index (χ2n) is 6.05. The predicted molar refractivity (Wildman–Crippen MR) is 117 cm³/mol. The lowest BCUT2D eigenvalue weighted by molar-refractivity contribution is -0.123. The second-order valence-corrected chi connectivity index (χ2v) is 7.61. The molecule has 1 saturated heterocycles. The summed E-state index contributed by atoms with van der Waals surface area (Å²) in [4.78, 5) is 38.1. The number of thiocarbonyl (C=S) groups is 1. The zero-order valence-electron chi connectivity index (χ0n) is 15.6. The van der Waals surface area contributed by atoms with Crippen LogP contribution in [-0.2, 0) is 9.59 Å². The van der Waals surface area contributed by atoms with Crippen molar-refractivity contribution in [2.75, 3.05) is 16.8 Å². The van der Waals surface area contributed by atoms with E-state index in [1.165, 1.54) is 0 Å². The van der Waals surface area contributed by atoms with E-state index in [0.29, 0.717) is 18.0 Å². The van der Waals surface area contributed by atoms with Crippen LogP contribution in [0.4, 0.5) is 16.2 Å². The van der Waals surface area contributed by atoms with Crippen molar-refractivity contribution in [1.29, 1.82) is 0 Å². The summed E-state index contributed by atoms with van der Waals surface area (Å²) in [6.07, 6.45) is -0.149. The number of para-hydroxylation sites is 1. The van der Waals surface area contributed by atoms with Crippen LogP contribution in [0, 0.1) is 0 Å². The maximum Gasteiger partial charge on any atom is 0.293 e. The minimum Gasteiger partial charge on any atom is -0.494 e. The van der Waals surface area contributed by atoms with Gasteiger partial charge in [0.2, 0.25) is 11.8 Å². The normalized spacial score (nSPS) is 15.9. The summed E-state index contributed by atoms with van der Waals surface area (Å²) in [5.74, 6) is -0.119. The number of carbonyl (C=O) groups excluding carboxylic acids is 3. The highest BCUT2D eigenvalue weighted by atomic mass is 32.2. The molecule has 9 heteroatoms. The van der Waals surface area contributed by atoms with Crippen LogP contribution in [0.15, 0.2) is 54.6 Å². The smallest absolute Gasteiger partial charge is 0.293 e. The predicted octanol–water partition coefficient (Wildman–Crippen LogP) is 3.56. The van der Waals surface area contributed by atoms with Gasteiger partial charge >= 0.3 is 0 Å². The van der Waals surface area contributed by atoms with Crippen LogP contribution >= 0.6 is 24.0 Å². The molecule has 0 radical (unpaired) electrons. The summed E-state index contributed by atoms with van der Waals surface area (Å²) in [7, 11) is 0. The Bertz CT molecular complexity index is 919. The van der Waals surface area contributed by atoms with E-state index in [1.54, 1.807) is 54.6 Å². The van der Waals surface area contributed by atoms with Crippen LogP contribution in [0.5, 0.6) is 5.75 Å². The van der Waals surface area contributed by atoms with E-state index in [2.05, 4.69) is 10.6 Å². The van der Waals surface area contributed by atoms with Gasteiger partial charge in [0.1, 0.15) is 11.0 Å². The van der Waals surface area contributed by atoms with E-state index in [9.17, 15) is 14.4 Å². The fraction of sp³-hybridized carbons (Fsp3) is 0.200. The summed E-state index contributed by atoms with van der Waals surface area (Å²) >= 11 is 5.99. The third kappa shape index (κ3) is 5.33. The van der Waals surface area contributed by atoms with E-state index < -0.39 is 22.3 Å². The van der Waals surface area contributed by atoms with Gasteiger partial charge in [0.15, 0.2) is 5.11 Å². The first-order chi connectivity index (χ1) is 14.0. The summed E-state index contributed by atoms with van der Waals surface area (Å²) < 4.78 is 5.37. The molecule has 2 N–H and O–H groups in total. The fourth-order valence-corrected chi connectivity index (χ4v) is 3.92. The molecule has 0 saturated carbocycles. The zero-order chi connectivity index (χ0) is 20.8. The molecule has 150 valence electrons. The lowest BCUT2D eigenvalue weighted by Crippen LogP contribution is -2.38. The minimum atomic E-state index is -0.781. The Morgan fingerprint density at radius 2 is 1.83 bits per heavy atom. The van der Waals surface area contributed by atoms with Crippen molar-refractivity contribution in [2.45, 2.75) is 18.6 Å². The third-order valence-electron chi connectivity index (χ3n) is 3.98. The Morgan fingerprint density at radius 3 is 2.48 bits per heavy atom. The van der Waals surface area contributed by atoms with E-state index in [4.69, 9.17) is 17.0 Å². The average Bonchev–Trinajstić information content (AvgIpc) is 2.97. The SMILES string of the molecule is CCOc1ccc(NC(=S)NC(=O)C[C@H]2SC(=O)N(c3ccccc3)C2=O)cc1. The van der Waals surface area contributed by atoms with E-state index in [1.807, 2.05) is 6.92 Å². The van der Waals surface area contributed by atoms with E-state index >= 15 is 0 Å². The van der Waals surface area contributed by atoms with E-state index in [0.717, 1.165) is 22.4 Å². The van der Waals surface area contributed by atoms with Crippen LogP contribution in [-0.4, -0.2) is 34.0 Å². The number of imide groups is 1. The molecule has 0 bridgehead atoms. The number of benzene rings is 2. The van der Waals surface area contributed by atoms with Gasteiger partial charge in [-0.05, 0) is 67.3 Å². The van der Waals surface area contributed by atoms with Crippen molar-refractivity contribution >= 4 is 57.5 Å². The van der Waals surface area contributed by atoms with Crippen molar-refractivity contribution in [2.24, 2.45) is 0 Å². The van der Waals surface area contributed by atoms with E-state index in [-0.39, 0.29) is 11.5 Å². The molecule has 1 atom stereocenters. The Kier molecular flexibility index (Phi) is 6.84. The van der Waals surface area contributed by atoms with Crippen LogP contribution in [0.25, 0.3) is 0 Å². The number of hydrogen-bond donors (Lipinski definition) is 2. The maximum absolute atomic E-state index is 12.6. The minimum absolute atomic E-state index is 0.112. The molecule has 2 aromatic rings.